The molecule has 0 spiro atoms. The maximum Gasteiger partial charge on any atom is 0.148 e. The molecule has 0 unspecified atom stereocenters. The lowest BCUT2D eigenvalue weighted by molar-refractivity contribution is 0.405. The third-order valence-corrected chi connectivity index (χ3v) is 2.89. The monoisotopic (exact) mass is 274 g/mol. The Morgan fingerprint density at radius 1 is 1.05 bits per heavy atom. The lowest BCUT2D eigenvalue weighted by Gasteiger charge is -2.10. The van der Waals surface area contributed by atoms with Gasteiger partial charge in [-0.2, -0.15) is 0 Å². The summed E-state index contributed by atoms with van der Waals surface area (Å²) in [6, 6.07) is 10.0. The van der Waals surface area contributed by atoms with Gasteiger partial charge in [-0.05, 0) is 63.5 Å². The number of rotatable bonds is 6. The second kappa shape index (κ2) is 6.96. The van der Waals surface area contributed by atoms with Gasteiger partial charge in [0, 0.05) is 12.1 Å². The van der Waals surface area contributed by atoms with Gasteiger partial charge in [-0.3, -0.25) is 0 Å². The Morgan fingerprint density at radius 3 is 2.40 bits per heavy atom. The van der Waals surface area contributed by atoms with Gasteiger partial charge in [0.1, 0.15) is 11.6 Å². The lowest BCUT2D eigenvalue weighted by Crippen LogP contribution is -2.16. The predicted molar refractivity (Wildman–Crippen MR) is 79.1 cm³/mol. The first-order valence-electron chi connectivity index (χ1n) is 6.63. The molecule has 1 aromatic heterocycles. The molecule has 0 aliphatic carbocycles. The van der Waals surface area contributed by atoms with Crippen LogP contribution in [0.15, 0.2) is 36.4 Å². The van der Waals surface area contributed by atoms with Crippen LogP contribution >= 0.6 is 0 Å². The molecule has 0 aliphatic heterocycles. The smallest absolute Gasteiger partial charge is 0.148 e. The molecule has 0 amide bonds. The molecule has 0 saturated carbocycles. The fourth-order valence-corrected chi connectivity index (χ4v) is 1.81. The number of anilines is 1. The van der Waals surface area contributed by atoms with Crippen LogP contribution in [0.4, 0.5) is 10.2 Å². The highest BCUT2D eigenvalue weighted by Crippen LogP contribution is 2.17. The highest BCUT2D eigenvalue weighted by atomic mass is 19.1. The van der Waals surface area contributed by atoms with Crippen molar-refractivity contribution in [2.75, 3.05) is 32.5 Å². The second-order valence-electron chi connectivity index (χ2n) is 4.89. The van der Waals surface area contributed by atoms with E-state index in [4.69, 9.17) is 0 Å². The van der Waals surface area contributed by atoms with Crippen molar-refractivity contribution in [1.29, 1.82) is 0 Å². The first kappa shape index (κ1) is 14.4. The summed E-state index contributed by atoms with van der Waals surface area (Å²) in [6.07, 6.45) is 1.05. The van der Waals surface area contributed by atoms with Gasteiger partial charge in [0.15, 0.2) is 0 Å². The highest BCUT2D eigenvalue weighted by molar-refractivity contribution is 5.59. The molecule has 2 rings (SSSR count). The van der Waals surface area contributed by atoms with E-state index in [9.17, 15) is 4.39 Å². The minimum Gasteiger partial charge on any atom is -0.369 e. The van der Waals surface area contributed by atoms with Crippen molar-refractivity contribution in [1.82, 2.24) is 15.1 Å². The molecule has 0 aliphatic rings. The number of aromatic nitrogens is 2. The number of nitrogens with zero attached hydrogens (tertiary/aromatic N) is 3. The summed E-state index contributed by atoms with van der Waals surface area (Å²) in [5.74, 6) is 0.510. The van der Waals surface area contributed by atoms with Crippen molar-refractivity contribution < 1.29 is 4.39 Å². The number of hydrogen-bond acceptors (Lipinski definition) is 4. The number of benzene rings is 1. The minimum absolute atomic E-state index is 0.249. The van der Waals surface area contributed by atoms with E-state index < -0.39 is 0 Å². The van der Waals surface area contributed by atoms with Crippen LogP contribution in [0.5, 0.6) is 0 Å². The molecule has 0 fully saturated rings. The van der Waals surface area contributed by atoms with E-state index in [2.05, 4.69) is 34.5 Å². The summed E-state index contributed by atoms with van der Waals surface area (Å²) >= 11 is 0. The number of nitrogens with one attached hydrogen (secondary N) is 1. The Bertz CT molecular complexity index is 523. The Hall–Kier alpha value is -2.01. The molecule has 106 valence electrons. The average Bonchev–Trinajstić information content (AvgIpc) is 2.45. The Balaban J connectivity index is 1.91. The van der Waals surface area contributed by atoms with Gasteiger partial charge in [-0.15, -0.1) is 10.2 Å². The van der Waals surface area contributed by atoms with Gasteiger partial charge in [0.25, 0.3) is 0 Å². The number of halogens is 1. The molecule has 1 heterocycles. The van der Waals surface area contributed by atoms with E-state index in [0.717, 1.165) is 36.6 Å². The van der Waals surface area contributed by atoms with Gasteiger partial charge in [-0.1, -0.05) is 0 Å². The fourth-order valence-electron chi connectivity index (χ4n) is 1.81. The fraction of sp³-hybridized carbons (Fsp3) is 0.333. The summed E-state index contributed by atoms with van der Waals surface area (Å²) in [7, 11) is 4.11. The van der Waals surface area contributed by atoms with E-state index in [1.54, 1.807) is 12.1 Å². The molecule has 4 nitrogen and oxygen atoms in total. The molecular weight excluding hydrogens is 255 g/mol. The predicted octanol–water partition coefficient (Wildman–Crippen LogP) is 2.65. The standard InChI is InChI=1S/C15H19FN4/c1-20(2)11-3-10-17-15-9-8-14(18-19-15)12-4-6-13(16)7-5-12/h4-9H,3,10-11H2,1-2H3,(H,17,19). The van der Waals surface area contributed by atoms with E-state index in [1.165, 1.54) is 12.1 Å². The van der Waals surface area contributed by atoms with Crippen LogP contribution in [0.2, 0.25) is 0 Å². The summed E-state index contributed by atoms with van der Waals surface area (Å²) in [4.78, 5) is 2.14. The highest BCUT2D eigenvalue weighted by Gasteiger charge is 2.01. The normalized spacial score (nSPS) is 10.8. The van der Waals surface area contributed by atoms with E-state index in [0.29, 0.717) is 0 Å². The minimum atomic E-state index is -0.249. The maximum atomic E-state index is 12.8. The van der Waals surface area contributed by atoms with Gasteiger partial charge < -0.3 is 10.2 Å². The Labute approximate surface area is 118 Å². The van der Waals surface area contributed by atoms with Crippen LogP contribution in [-0.2, 0) is 0 Å². The van der Waals surface area contributed by atoms with Crippen LogP contribution in [-0.4, -0.2) is 42.3 Å². The van der Waals surface area contributed by atoms with Crippen molar-refractivity contribution in [2.24, 2.45) is 0 Å². The summed E-state index contributed by atoms with van der Waals surface area (Å²) in [5, 5.41) is 11.5. The number of hydrogen-bond donors (Lipinski definition) is 1. The largest absolute Gasteiger partial charge is 0.369 e. The third kappa shape index (κ3) is 4.28. The SMILES string of the molecule is CN(C)CCCNc1ccc(-c2ccc(F)cc2)nn1. The van der Waals surface area contributed by atoms with Crippen molar-refractivity contribution >= 4 is 5.82 Å². The molecule has 0 radical (unpaired) electrons. The van der Waals surface area contributed by atoms with Crippen LogP contribution < -0.4 is 5.32 Å². The molecular formula is C15H19FN4. The summed E-state index contributed by atoms with van der Waals surface area (Å²) in [6.45, 7) is 1.90. The van der Waals surface area contributed by atoms with Crippen LogP contribution in [0.25, 0.3) is 11.3 Å². The molecule has 0 atom stereocenters. The van der Waals surface area contributed by atoms with Gasteiger partial charge in [0.05, 0.1) is 5.69 Å². The molecule has 5 heteroatoms. The zero-order valence-corrected chi connectivity index (χ0v) is 11.8. The van der Waals surface area contributed by atoms with Crippen molar-refractivity contribution in [2.45, 2.75) is 6.42 Å². The van der Waals surface area contributed by atoms with Crippen LogP contribution in [0, 0.1) is 5.82 Å². The summed E-state index contributed by atoms with van der Waals surface area (Å²) in [5.41, 5.74) is 1.60. The first-order valence-corrected chi connectivity index (χ1v) is 6.63. The van der Waals surface area contributed by atoms with Crippen molar-refractivity contribution in [3.05, 3.63) is 42.2 Å². The molecule has 0 bridgehead atoms. The second-order valence-corrected chi connectivity index (χ2v) is 4.89. The maximum absolute atomic E-state index is 12.8. The molecule has 1 N–H and O–H groups in total. The summed E-state index contributed by atoms with van der Waals surface area (Å²) < 4.78 is 12.8. The molecule has 1 aromatic carbocycles. The zero-order valence-electron chi connectivity index (χ0n) is 11.8. The molecule has 2 aromatic rings. The first-order chi connectivity index (χ1) is 9.65. The van der Waals surface area contributed by atoms with Gasteiger partial charge >= 0.3 is 0 Å². The Morgan fingerprint density at radius 2 is 1.80 bits per heavy atom. The quantitative estimate of drug-likeness (QED) is 0.822. The van der Waals surface area contributed by atoms with E-state index in [-0.39, 0.29) is 5.82 Å². The molecule has 20 heavy (non-hydrogen) atoms. The topological polar surface area (TPSA) is 41.0 Å². The van der Waals surface area contributed by atoms with E-state index >= 15 is 0 Å². The average molecular weight is 274 g/mol. The van der Waals surface area contributed by atoms with E-state index in [1.807, 2.05) is 12.1 Å². The van der Waals surface area contributed by atoms with Crippen LogP contribution in [0.3, 0.4) is 0 Å². The zero-order chi connectivity index (χ0) is 14.4. The molecule has 0 saturated heterocycles. The van der Waals surface area contributed by atoms with Gasteiger partial charge in [0.2, 0.25) is 0 Å². The van der Waals surface area contributed by atoms with Gasteiger partial charge in [-0.25, -0.2) is 4.39 Å². The van der Waals surface area contributed by atoms with Crippen molar-refractivity contribution in [3.8, 4) is 11.3 Å². The van der Waals surface area contributed by atoms with Crippen LogP contribution in [0.1, 0.15) is 6.42 Å². The Kier molecular flexibility index (Phi) is 5.01. The lowest BCUT2D eigenvalue weighted by atomic mass is 10.1. The van der Waals surface area contributed by atoms with Crippen molar-refractivity contribution in [3.63, 3.8) is 0 Å². The third-order valence-electron chi connectivity index (χ3n) is 2.89.